The van der Waals surface area contributed by atoms with Crippen LogP contribution in [-0.4, -0.2) is 20.1 Å². The summed E-state index contributed by atoms with van der Waals surface area (Å²) in [5.74, 6) is -0.432. The number of anilines is 2. The Bertz CT molecular complexity index is 1000. The smallest absolute Gasteiger partial charge is 0.378 e. The minimum absolute atomic E-state index is 0.159. The molecule has 0 radical (unpaired) electrons. The molecule has 0 aromatic heterocycles. The maximum absolute atomic E-state index is 12.1. The van der Waals surface area contributed by atoms with Crippen LogP contribution in [0.4, 0.5) is 11.4 Å². The number of hydrogen-bond donors (Lipinski definition) is 2. The molecule has 1 atom stereocenters. The Kier molecular flexibility index (Phi) is 4.43. The monoisotopic (exact) mass is 355 g/mol. The molecule has 4 rings (SSSR count). The fraction of sp³-hybridized carbons (Fsp3) is 0.143. The third kappa shape index (κ3) is 3.20. The van der Waals surface area contributed by atoms with E-state index < -0.39 is 0 Å². The van der Waals surface area contributed by atoms with Gasteiger partial charge in [-0.05, 0) is 35.2 Å². The second-order valence-corrected chi connectivity index (χ2v) is 6.60. The Morgan fingerprint density at radius 2 is 1.70 bits per heavy atom. The lowest BCUT2D eigenvalue weighted by Crippen LogP contribution is -2.44. The average Bonchev–Trinajstić information content (AvgIpc) is 2.72. The minimum atomic E-state index is -0.273. The summed E-state index contributed by atoms with van der Waals surface area (Å²) in [5, 5.41) is 18.4. The predicted molar refractivity (Wildman–Crippen MR) is 107 cm³/mol. The van der Waals surface area contributed by atoms with E-state index in [0.29, 0.717) is 5.56 Å². The van der Waals surface area contributed by atoms with Crippen LogP contribution < -0.4 is 10.5 Å². The number of ether oxygens (including phenoxy) is 1. The van der Waals surface area contributed by atoms with Crippen molar-refractivity contribution in [2.45, 2.75) is 12.2 Å². The quantitative estimate of drug-likeness (QED) is 0.548. The van der Waals surface area contributed by atoms with E-state index in [1.165, 1.54) is 7.11 Å². The van der Waals surface area contributed by atoms with Crippen molar-refractivity contribution in [1.82, 2.24) is 0 Å². The van der Waals surface area contributed by atoms with Crippen LogP contribution in [0.3, 0.4) is 0 Å². The van der Waals surface area contributed by atoms with Gasteiger partial charge >= 0.3 is 13.0 Å². The van der Waals surface area contributed by atoms with Crippen molar-refractivity contribution in [3.8, 4) is 6.07 Å². The Morgan fingerprint density at radius 1 is 1.07 bits per heavy atom. The van der Waals surface area contributed by atoms with E-state index in [0.717, 1.165) is 27.7 Å². The first-order valence-electron chi connectivity index (χ1n) is 8.81. The van der Waals surface area contributed by atoms with Crippen molar-refractivity contribution in [1.29, 1.82) is 5.26 Å². The standard InChI is InChI=1S/C21H18BN3O2/c1-27-20(26)12-17(15-10-8-14(13-23)9-11-15)22-24-18-6-2-4-16-5-3-7-19(25-22)21(16)18/h2-11,17,24-25H,12H2,1H3/t17-/m1/s1. The highest BCUT2D eigenvalue weighted by Crippen LogP contribution is 2.37. The van der Waals surface area contributed by atoms with Crippen LogP contribution in [0, 0.1) is 11.3 Å². The summed E-state index contributed by atoms with van der Waals surface area (Å²) in [7, 11) is 1.40. The van der Waals surface area contributed by atoms with E-state index in [2.05, 4.69) is 28.7 Å². The number of rotatable bonds is 4. The molecule has 132 valence electrons. The fourth-order valence-electron chi connectivity index (χ4n) is 3.65. The van der Waals surface area contributed by atoms with Gasteiger partial charge in [-0.2, -0.15) is 5.26 Å². The molecule has 1 aliphatic heterocycles. The molecule has 2 N–H and O–H groups in total. The predicted octanol–water partition coefficient (Wildman–Crippen LogP) is 3.92. The molecule has 0 saturated heterocycles. The molecule has 0 fully saturated rings. The number of esters is 1. The van der Waals surface area contributed by atoms with Gasteiger partial charge in [0.15, 0.2) is 0 Å². The summed E-state index contributed by atoms with van der Waals surface area (Å²) in [6, 6.07) is 21.8. The summed E-state index contributed by atoms with van der Waals surface area (Å²) in [5.41, 5.74) is 3.64. The zero-order valence-electron chi connectivity index (χ0n) is 14.9. The van der Waals surface area contributed by atoms with E-state index in [4.69, 9.17) is 10.00 Å². The van der Waals surface area contributed by atoms with Crippen molar-refractivity contribution >= 4 is 35.1 Å². The van der Waals surface area contributed by atoms with Gasteiger partial charge in [-0.3, -0.25) is 4.79 Å². The largest absolute Gasteiger partial charge is 0.469 e. The Morgan fingerprint density at radius 3 is 2.26 bits per heavy atom. The number of carbonyl (C=O) groups excluding carboxylic acids is 1. The zero-order chi connectivity index (χ0) is 18.8. The first kappa shape index (κ1) is 17.0. The molecule has 1 heterocycles. The Hall–Kier alpha value is -3.46. The summed E-state index contributed by atoms with van der Waals surface area (Å²) in [6.07, 6.45) is 0.227. The van der Waals surface area contributed by atoms with Gasteiger partial charge in [0.05, 0.1) is 18.7 Å². The second kappa shape index (κ2) is 7.04. The normalized spacial score (nSPS) is 13.3. The third-order valence-corrected chi connectivity index (χ3v) is 5.01. The topological polar surface area (TPSA) is 74.2 Å². The van der Waals surface area contributed by atoms with Crippen LogP contribution in [0.5, 0.6) is 0 Å². The SMILES string of the molecule is COC(=O)C[C@@H](B1Nc2cccc3cccc(c23)N1)c1ccc(C#N)cc1. The van der Waals surface area contributed by atoms with Crippen molar-refractivity contribution in [3.05, 3.63) is 71.8 Å². The number of benzene rings is 3. The summed E-state index contributed by atoms with van der Waals surface area (Å²) < 4.78 is 4.92. The highest BCUT2D eigenvalue weighted by molar-refractivity contribution is 6.69. The van der Waals surface area contributed by atoms with Crippen molar-refractivity contribution in [2.24, 2.45) is 0 Å². The van der Waals surface area contributed by atoms with Gasteiger partial charge in [-0.1, -0.05) is 36.4 Å². The lowest BCUT2D eigenvalue weighted by atomic mass is 9.56. The van der Waals surface area contributed by atoms with Crippen molar-refractivity contribution < 1.29 is 9.53 Å². The molecule has 3 aromatic carbocycles. The maximum atomic E-state index is 12.1. The Labute approximate surface area is 158 Å². The maximum Gasteiger partial charge on any atom is 0.378 e. The number of nitrogens with zero attached hydrogens (tertiary/aromatic N) is 1. The molecule has 0 unspecified atom stereocenters. The molecule has 0 saturated carbocycles. The lowest BCUT2D eigenvalue weighted by molar-refractivity contribution is -0.140. The van der Waals surface area contributed by atoms with Crippen LogP contribution >= 0.6 is 0 Å². The third-order valence-electron chi connectivity index (χ3n) is 5.01. The molecule has 0 aliphatic carbocycles. The zero-order valence-corrected chi connectivity index (χ0v) is 14.9. The van der Waals surface area contributed by atoms with Crippen molar-refractivity contribution in [2.75, 3.05) is 17.6 Å². The van der Waals surface area contributed by atoms with Gasteiger partial charge < -0.3 is 15.2 Å². The molecule has 27 heavy (non-hydrogen) atoms. The molecular weight excluding hydrogens is 337 g/mol. The molecule has 1 aliphatic rings. The summed E-state index contributed by atoms with van der Waals surface area (Å²) in [4.78, 5) is 12.1. The first-order chi connectivity index (χ1) is 13.2. The van der Waals surface area contributed by atoms with E-state index >= 15 is 0 Å². The molecule has 3 aromatic rings. The molecule has 6 heteroatoms. The van der Waals surface area contributed by atoms with Crippen LogP contribution in [0.1, 0.15) is 23.4 Å². The van der Waals surface area contributed by atoms with Gasteiger partial charge in [0, 0.05) is 29.0 Å². The highest BCUT2D eigenvalue weighted by atomic mass is 16.5. The number of methoxy groups -OCH3 is 1. The van der Waals surface area contributed by atoms with Gasteiger partial charge in [0.1, 0.15) is 0 Å². The van der Waals surface area contributed by atoms with E-state index in [1.807, 2.05) is 36.4 Å². The van der Waals surface area contributed by atoms with Crippen LogP contribution in [-0.2, 0) is 9.53 Å². The van der Waals surface area contributed by atoms with Gasteiger partial charge in [-0.25, -0.2) is 0 Å². The Balaban J connectivity index is 1.72. The lowest BCUT2D eigenvalue weighted by Gasteiger charge is -2.31. The van der Waals surface area contributed by atoms with Gasteiger partial charge in [0.25, 0.3) is 0 Å². The number of hydrogen-bond acceptors (Lipinski definition) is 5. The summed E-state index contributed by atoms with van der Waals surface area (Å²) >= 11 is 0. The number of nitriles is 1. The summed E-state index contributed by atoms with van der Waals surface area (Å²) in [6.45, 7) is -0.183. The van der Waals surface area contributed by atoms with E-state index in [1.54, 1.807) is 12.1 Å². The minimum Gasteiger partial charge on any atom is -0.469 e. The molecule has 5 nitrogen and oxygen atoms in total. The number of carbonyl (C=O) groups is 1. The van der Waals surface area contributed by atoms with Gasteiger partial charge in [-0.15, -0.1) is 0 Å². The van der Waals surface area contributed by atoms with Crippen molar-refractivity contribution in [3.63, 3.8) is 0 Å². The second-order valence-electron chi connectivity index (χ2n) is 6.60. The van der Waals surface area contributed by atoms with Crippen LogP contribution in [0.2, 0.25) is 0 Å². The average molecular weight is 355 g/mol. The molecule has 0 amide bonds. The van der Waals surface area contributed by atoms with Gasteiger partial charge in [0.2, 0.25) is 0 Å². The molecular formula is C21H18BN3O2. The van der Waals surface area contributed by atoms with Crippen LogP contribution in [0.25, 0.3) is 10.8 Å². The highest BCUT2D eigenvalue weighted by Gasteiger charge is 2.34. The number of nitrogens with one attached hydrogen (secondary N) is 2. The van der Waals surface area contributed by atoms with Crippen LogP contribution in [0.15, 0.2) is 60.7 Å². The van der Waals surface area contributed by atoms with E-state index in [9.17, 15) is 4.79 Å². The fourth-order valence-corrected chi connectivity index (χ4v) is 3.65. The molecule has 0 spiro atoms. The first-order valence-corrected chi connectivity index (χ1v) is 8.81. The molecule has 0 bridgehead atoms. The van der Waals surface area contributed by atoms with E-state index in [-0.39, 0.29) is 25.2 Å².